The lowest BCUT2D eigenvalue weighted by Crippen LogP contribution is -2.43. The molecule has 1 aliphatic carbocycles. The van der Waals surface area contributed by atoms with Crippen LogP contribution in [0.2, 0.25) is 0 Å². The predicted molar refractivity (Wildman–Crippen MR) is 66.9 cm³/mol. The Labute approximate surface area is 100 Å². The third-order valence-electron chi connectivity index (χ3n) is 3.54. The fourth-order valence-electron chi connectivity index (χ4n) is 2.61. The van der Waals surface area contributed by atoms with Crippen molar-refractivity contribution >= 4 is 17.3 Å². The van der Waals surface area contributed by atoms with Gasteiger partial charge in [-0.25, -0.2) is 4.79 Å². The number of nitrogens with zero attached hydrogens (tertiary/aromatic N) is 1. The van der Waals surface area contributed by atoms with Gasteiger partial charge in [0.05, 0.1) is 16.9 Å². The number of fused-ring (bicyclic) bond motifs is 1. The second-order valence-corrected chi connectivity index (χ2v) is 4.87. The number of aromatic carboxylic acids is 1. The van der Waals surface area contributed by atoms with Crippen molar-refractivity contribution in [2.45, 2.75) is 31.8 Å². The fraction of sp³-hybridized carbons (Fsp3) is 0.462. The number of nitrogens with one attached hydrogen (secondary N) is 1. The third kappa shape index (κ3) is 1.64. The van der Waals surface area contributed by atoms with Crippen LogP contribution in [0.15, 0.2) is 18.2 Å². The summed E-state index contributed by atoms with van der Waals surface area (Å²) in [5.41, 5.74) is 2.20. The van der Waals surface area contributed by atoms with Crippen LogP contribution in [0.4, 0.5) is 11.4 Å². The normalized spacial score (nSPS) is 22.9. The van der Waals surface area contributed by atoms with Crippen molar-refractivity contribution in [2.24, 2.45) is 0 Å². The van der Waals surface area contributed by atoms with Crippen LogP contribution in [0.5, 0.6) is 0 Å². The summed E-state index contributed by atoms with van der Waals surface area (Å²) in [5.74, 6) is -0.861. The van der Waals surface area contributed by atoms with Crippen molar-refractivity contribution in [1.29, 1.82) is 0 Å². The third-order valence-corrected chi connectivity index (χ3v) is 3.54. The van der Waals surface area contributed by atoms with Gasteiger partial charge in [-0.3, -0.25) is 0 Å². The second kappa shape index (κ2) is 3.65. The number of carbonyl (C=O) groups is 1. The first-order valence-electron chi connectivity index (χ1n) is 6.07. The van der Waals surface area contributed by atoms with Gasteiger partial charge in [-0.2, -0.15) is 0 Å². The Kier molecular flexibility index (Phi) is 2.24. The Balaban J connectivity index is 2.09. The Morgan fingerprint density at radius 2 is 2.24 bits per heavy atom. The summed E-state index contributed by atoms with van der Waals surface area (Å²) in [5, 5.41) is 12.4. The van der Waals surface area contributed by atoms with Gasteiger partial charge in [0.2, 0.25) is 0 Å². The molecule has 4 nitrogen and oxygen atoms in total. The average Bonchev–Trinajstić information content (AvgIpc) is 3.11. The molecule has 0 bridgehead atoms. The molecular weight excluding hydrogens is 216 g/mol. The van der Waals surface area contributed by atoms with Gasteiger partial charge >= 0.3 is 5.97 Å². The first-order chi connectivity index (χ1) is 8.18. The van der Waals surface area contributed by atoms with Crippen molar-refractivity contribution in [3.63, 3.8) is 0 Å². The standard InChI is InChI=1S/C13H16N2O2/c1-8-7-14-12-10(13(16)17)3-2-4-11(12)15(8)9-5-6-9/h2-4,8-9,14H,5-7H2,1H3,(H,16,17). The van der Waals surface area contributed by atoms with E-state index in [-0.39, 0.29) is 0 Å². The van der Waals surface area contributed by atoms with Gasteiger partial charge in [0.1, 0.15) is 0 Å². The molecule has 4 heteroatoms. The quantitative estimate of drug-likeness (QED) is 0.820. The number of para-hydroxylation sites is 1. The Hall–Kier alpha value is -1.71. The number of carboxylic acids is 1. The minimum atomic E-state index is -0.861. The van der Waals surface area contributed by atoms with Gasteiger partial charge in [0.15, 0.2) is 0 Å². The van der Waals surface area contributed by atoms with E-state index in [1.807, 2.05) is 12.1 Å². The zero-order valence-electron chi connectivity index (χ0n) is 9.81. The van der Waals surface area contributed by atoms with E-state index < -0.39 is 5.97 Å². The molecule has 2 aliphatic rings. The number of carboxylic acid groups (broad SMARTS) is 1. The number of hydrogen-bond acceptors (Lipinski definition) is 3. The maximum absolute atomic E-state index is 11.2. The molecule has 1 aliphatic heterocycles. The summed E-state index contributed by atoms with van der Waals surface area (Å²) in [4.78, 5) is 13.6. The summed E-state index contributed by atoms with van der Waals surface area (Å²) in [6, 6.07) is 6.55. The average molecular weight is 232 g/mol. The lowest BCUT2D eigenvalue weighted by atomic mass is 10.1. The summed E-state index contributed by atoms with van der Waals surface area (Å²) >= 11 is 0. The maximum Gasteiger partial charge on any atom is 0.337 e. The Morgan fingerprint density at radius 3 is 2.88 bits per heavy atom. The largest absolute Gasteiger partial charge is 0.478 e. The number of benzene rings is 1. The molecule has 1 unspecified atom stereocenters. The van der Waals surface area contributed by atoms with E-state index in [1.54, 1.807) is 6.07 Å². The van der Waals surface area contributed by atoms with E-state index in [2.05, 4.69) is 17.1 Å². The lowest BCUT2D eigenvalue weighted by molar-refractivity contribution is 0.0698. The second-order valence-electron chi connectivity index (χ2n) is 4.87. The smallest absolute Gasteiger partial charge is 0.337 e. The van der Waals surface area contributed by atoms with Crippen molar-refractivity contribution in [1.82, 2.24) is 0 Å². The molecule has 2 N–H and O–H groups in total. The van der Waals surface area contributed by atoms with Crippen molar-refractivity contribution in [3.8, 4) is 0 Å². The summed E-state index contributed by atoms with van der Waals surface area (Å²) in [7, 11) is 0. The summed E-state index contributed by atoms with van der Waals surface area (Å²) in [6.07, 6.45) is 2.45. The molecule has 1 aromatic rings. The molecule has 1 saturated carbocycles. The molecule has 0 spiro atoms. The van der Waals surface area contributed by atoms with E-state index in [0.29, 0.717) is 17.6 Å². The molecule has 0 aromatic heterocycles. The van der Waals surface area contributed by atoms with Crippen LogP contribution in [-0.4, -0.2) is 29.7 Å². The van der Waals surface area contributed by atoms with E-state index in [9.17, 15) is 9.90 Å². The zero-order valence-corrected chi connectivity index (χ0v) is 9.81. The first-order valence-corrected chi connectivity index (χ1v) is 6.07. The highest BCUT2D eigenvalue weighted by molar-refractivity contribution is 5.98. The van der Waals surface area contributed by atoms with Gasteiger partial charge in [-0.05, 0) is 31.9 Å². The minimum Gasteiger partial charge on any atom is -0.478 e. The fourth-order valence-corrected chi connectivity index (χ4v) is 2.61. The molecule has 3 rings (SSSR count). The predicted octanol–water partition coefficient (Wildman–Crippen LogP) is 2.17. The first kappa shape index (κ1) is 10.4. The van der Waals surface area contributed by atoms with Crippen LogP contribution in [-0.2, 0) is 0 Å². The molecule has 0 saturated heterocycles. The molecular formula is C13H16N2O2. The molecule has 1 aromatic carbocycles. The van der Waals surface area contributed by atoms with Crippen LogP contribution >= 0.6 is 0 Å². The maximum atomic E-state index is 11.2. The molecule has 0 radical (unpaired) electrons. The monoisotopic (exact) mass is 232 g/mol. The van der Waals surface area contributed by atoms with Gasteiger partial charge in [-0.15, -0.1) is 0 Å². The topological polar surface area (TPSA) is 52.6 Å². The molecule has 90 valence electrons. The van der Waals surface area contributed by atoms with E-state index >= 15 is 0 Å². The van der Waals surface area contributed by atoms with E-state index in [1.165, 1.54) is 12.8 Å². The van der Waals surface area contributed by atoms with Gasteiger partial charge in [0, 0.05) is 18.6 Å². The molecule has 1 heterocycles. The molecule has 0 amide bonds. The van der Waals surface area contributed by atoms with Crippen molar-refractivity contribution < 1.29 is 9.90 Å². The highest BCUT2D eigenvalue weighted by Crippen LogP contribution is 2.41. The Morgan fingerprint density at radius 1 is 1.47 bits per heavy atom. The molecule has 17 heavy (non-hydrogen) atoms. The van der Waals surface area contributed by atoms with Gasteiger partial charge in [-0.1, -0.05) is 6.07 Å². The summed E-state index contributed by atoms with van der Waals surface area (Å²) in [6.45, 7) is 3.00. The number of anilines is 2. The van der Waals surface area contributed by atoms with E-state index in [0.717, 1.165) is 17.9 Å². The SMILES string of the molecule is CC1CNc2c(C(=O)O)cccc2N1C1CC1. The van der Waals surface area contributed by atoms with Crippen LogP contribution in [0, 0.1) is 0 Å². The number of hydrogen-bond donors (Lipinski definition) is 2. The van der Waals surface area contributed by atoms with Gasteiger partial charge < -0.3 is 15.3 Å². The highest BCUT2D eigenvalue weighted by Gasteiger charge is 2.36. The highest BCUT2D eigenvalue weighted by atomic mass is 16.4. The summed E-state index contributed by atoms with van der Waals surface area (Å²) < 4.78 is 0. The van der Waals surface area contributed by atoms with Crippen molar-refractivity contribution in [3.05, 3.63) is 23.8 Å². The minimum absolute atomic E-state index is 0.375. The van der Waals surface area contributed by atoms with Crippen LogP contribution < -0.4 is 10.2 Å². The van der Waals surface area contributed by atoms with Crippen LogP contribution in [0.25, 0.3) is 0 Å². The van der Waals surface area contributed by atoms with Crippen LogP contribution in [0.1, 0.15) is 30.1 Å². The van der Waals surface area contributed by atoms with E-state index in [4.69, 9.17) is 0 Å². The molecule has 1 atom stereocenters. The lowest BCUT2D eigenvalue weighted by Gasteiger charge is -2.38. The molecule has 1 fully saturated rings. The zero-order chi connectivity index (χ0) is 12.0. The van der Waals surface area contributed by atoms with Crippen LogP contribution in [0.3, 0.4) is 0 Å². The number of rotatable bonds is 2. The Bertz CT molecular complexity index is 468. The van der Waals surface area contributed by atoms with Crippen molar-refractivity contribution in [2.75, 3.05) is 16.8 Å². The van der Waals surface area contributed by atoms with Gasteiger partial charge in [0.25, 0.3) is 0 Å².